The quantitative estimate of drug-likeness (QED) is 0.208. The third-order valence-corrected chi connectivity index (χ3v) is 9.66. The normalized spacial score (nSPS) is 17.5. The fourth-order valence-corrected chi connectivity index (χ4v) is 6.89. The molecule has 8 rings (SSSR count). The van der Waals surface area contributed by atoms with Crippen molar-refractivity contribution in [3.05, 3.63) is 89.3 Å². The molecule has 6 heterocycles. The van der Waals surface area contributed by atoms with E-state index in [1.54, 1.807) is 30.3 Å². The van der Waals surface area contributed by atoms with Crippen molar-refractivity contribution in [2.75, 3.05) is 31.1 Å². The number of anilines is 1. The summed E-state index contributed by atoms with van der Waals surface area (Å²) in [7, 11) is 0. The first-order chi connectivity index (χ1) is 24.8. The van der Waals surface area contributed by atoms with Gasteiger partial charge >= 0.3 is 12.4 Å². The molecular formula is C34H34F6N10O2. The maximum absolute atomic E-state index is 13.0. The predicted octanol–water partition coefficient (Wildman–Crippen LogP) is 6.22. The van der Waals surface area contributed by atoms with Crippen LogP contribution in [0.3, 0.4) is 0 Å². The average molecular weight is 729 g/mol. The number of amidine groups is 1. The van der Waals surface area contributed by atoms with Gasteiger partial charge in [-0.1, -0.05) is 24.3 Å². The van der Waals surface area contributed by atoms with Crippen molar-refractivity contribution in [1.82, 2.24) is 39.6 Å². The number of nitrogens with zero attached hydrogens (tertiary/aromatic N) is 10. The highest BCUT2D eigenvalue weighted by Gasteiger charge is 2.40. The summed E-state index contributed by atoms with van der Waals surface area (Å²) >= 11 is 0. The second kappa shape index (κ2) is 14.0. The van der Waals surface area contributed by atoms with Crippen molar-refractivity contribution < 1.29 is 36.6 Å². The number of aryl methyl sites for hydroxylation is 1. The average Bonchev–Trinajstić information content (AvgIpc) is 3.77. The molecule has 5 aromatic rings. The fourth-order valence-electron chi connectivity index (χ4n) is 6.89. The molecular weight excluding hydrogens is 694 g/mol. The number of halogens is 6. The lowest BCUT2D eigenvalue weighted by Gasteiger charge is -2.35. The standard InChI is InChI=1S/C17H18F3N5O.C17H16F3N5O/c2*18-17(19,20)16-22-21-14-5-6-15(23-25(14)16)24-9-7-12(8-10-24)11-1-3-13(26)4-2-11/h1-4,12,26H,5-10H2;1-6,12,26H,7-10H2. The number of phenolic OH excluding ortho intramolecular Hbond substituents is 2. The van der Waals surface area contributed by atoms with Crippen LogP contribution < -0.4 is 4.90 Å². The van der Waals surface area contributed by atoms with E-state index in [0.29, 0.717) is 49.4 Å². The Kier molecular flexibility index (Phi) is 9.39. The van der Waals surface area contributed by atoms with Gasteiger partial charge in [0.15, 0.2) is 11.5 Å². The highest BCUT2D eigenvalue weighted by atomic mass is 19.4. The molecule has 0 spiro atoms. The van der Waals surface area contributed by atoms with Crippen molar-refractivity contribution >= 4 is 17.3 Å². The third-order valence-electron chi connectivity index (χ3n) is 9.66. The van der Waals surface area contributed by atoms with E-state index in [2.05, 4.69) is 35.5 Å². The van der Waals surface area contributed by atoms with Crippen LogP contribution in [0.4, 0.5) is 32.2 Å². The zero-order chi connectivity index (χ0) is 36.6. The second-order valence-corrected chi connectivity index (χ2v) is 13.0. The van der Waals surface area contributed by atoms with Crippen molar-refractivity contribution in [2.24, 2.45) is 5.10 Å². The molecule has 3 aliphatic heterocycles. The summed E-state index contributed by atoms with van der Waals surface area (Å²) in [5.74, 6) is 0.422. The SMILES string of the molecule is Oc1ccc(C2CCN(C3=Nn4c(nnc4C(F)(F)F)CC3)CC2)cc1.Oc1ccc(C2CCN(c3ccc4nnc(C(F)(F)F)n4n3)CC2)cc1. The molecule has 3 aliphatic rings. The molecule has 0 amide bonds. The van der Waals surface area contributed by atoms with Gasteiger partial charge in [-0.2, -0.15) is 40.6 Å². The van der Waals surface area contributed by atoms with Crippen LogP contribution in [0, 0.1) is 0 Å². The van der Waals surface area contributed by atoms with Gasteiger partial charge in [-0.25, -0.2) is 0 Å². The molecule has 2 aromatic carbocycles. The number of hydrogen-bond acceptors (Lipinski definition) is 10. The van der Waals surface area contributed by atoms with Gasteiger partial charge in [-0.3, -0.25) is 0 Å². The Bertz CT molecular complexity index is 2030. The van der Waals surface area contributed by atoms with Gasteiger partial charge in [0.25, 0.3) is 11.6 Å². The summed E-state index contributed by atoms with van der Waals surface area (Å²) in [5.41, 5.74) is 2.40. The lowest BCUT2D eigenvalue weighted by Crippen LogP contribution is -2.40. The van der Waals surface area contributed by atoms with E-state index in [4.69, 9.17) is 0 Å². The highest BCUT2D eigenvalue weighted by molar-refractivity contribution is 5.83. The third kappa shape index (κ3) is 7.45. The van der Waals surface area contributed by atoms with E-state index in [1.807, 2.05) is 29.2 Å². The van der Waals surface area contributed by atoms with E-state index in [1.165, 1.54) is 11.6 Å². The molecule has 18 heteroatoms. The summed E-state index contributed by atoms with van der Waals surface area (Å²) in [6, 6.07) is 17.5. The first-order valence-electron chi connectivity index (χ1n) is 16.8. The number of rotatable bonds is 3. The van der Waals surface area contributed by atoms with Gasteiger partial charge in [-0.15, -0.1) is 25.5 Å². The Morgan fingerprint density at radius 3 is 1.63 bits per heavy atom. The molecule has 52 heavy (non-hydrogen) atoms. The molecule has 0 saturated carbocycles. The minimum atomic E-state index is -4.60. The van der Waals surface area contributed by atoms with Crippen LogP contribution in [-0.2, 0) is 18.8 Å². The van der Waals surface area contributed by atoms with E-state index in [0.717, 1.165) is 53.5 Å². The van der Waals surface area contributed by atoms with Crippen LogP contribution in [0.25, 0.3) is 5.65 Å². The van der Waals surface area contributed by atoms with E-state index in [-0.39, 0.29) is 23.0 Å². The number of hydrogen-bond donors (Lipinski definition) is 2. The molecule has 0 bridgehead atoms. The van der Waals surface area contributed by atoms with Crippen LogP contribution in [0.5, 0.6) is 11.5 Å². The Morgan fingerprint density at radius 1 is 0.577 bits per heavy atom. The van der Waals surface area contributed by atoms with E-state index in [9.17, 15) is 36.6 Å². The zero-order valence-corrected chi connectivity index (χ0v) is 27.6. The van der Waals surface area contributed by atoms with E-state index < -0.39 is 24.0 Å². The Morgan fingerprint density at radius 2 is 1.10 bits per heavy atom. The van der Waals surface area contributed by atoms with E-state index >= 15 is 0 Å². The summed E-state index contributed by atoms with van der Waals surface area (Å²) in [6.07, 6.45) is -4.69. The smallest absolute Gasteiger partial charge is 0.453 e. The van der Waals surface area contributed by atoms with Gasteiger partial charge in [0, 0.05) is 39.0 Å². The lowest BCUT2D eigenvalue weighted by molar-refractivity contribution is -0.147. The maximum Gasteiger partial charge on any atom is 0.453 e. The predicted molar refractivity (Wildman–Crippen MR) is 176 cm³/mol. The van der Waals surface area contributed by atoms with Gasteiger partial charge in [0.05, 0.1) is 0 Å². The fraction of sp³-hybridized carbons (Fsp3) is 0.412. The van der Waals surface area contributed by atoms with Gasteiger partial charge in [0.2, 0.25) is 0 Å². The van der Waals surface area contributed by atoms with Crippen LogP contribution in [0.15, 0.2) is 65.8 Å². The van der Waals surface area contributed by atoms with Crippen molar-refractivity contribution in [1.29, 1.82) is 0 Å². The monoisotopic (exact) mass is 728 g/mol. The maximum atomic E-state index is 13.0. The van der Waals surface area contributed by atoms with Crippen molar-refractivity contribution in [3.8, 4) is 11.5 Å². The van der Waals surface area contributed by atoms with Crippen LogP contribution >= 0.6 is 0 Å². The number of alkyl halides is 6. The molecule has 0 radical (unpaired) electrons. The summed E-state index contributed by atoms with van der Waals surface area (Å²) in [5, 5.41) is 40.6. The van der Waals surface area contributed by atoms with Crippen LogP contribution in [0.1, 0.15) is 72.5 Å². The summed E-state index contributed by atoms with van der Waals surface area (Å²) in [4.78, 5) is 4.02. The Balaban J connectivity index is 0.000000162. The zero-order valence-electron chi connectivity index (χ0n) is 27.6. The largest absolute Gasteiger partial charge is 0.508 e. The Hall–Kier alpha value is -5.42. The molecule has 2 saturated heterocycles. The van der Waals surface area contributed by atoms with Gasteiger partial charge in [0.1, 0.15) is 23.2 Å². The number of piperidine rings is 2. The first-order valence-corrected chi connectivity index (χ1v) is 16.8. The molecule has 0 aliphatic carbocycles. The number of likely N-dealkylation sites (tertiary alicyclic amines) is 1. The number of phenols is 2. The van der Waals surface area contributed by atoms with Crippen LogP contribution in [0.2, 0.25) is 0 Å². The molecule has 0 unspecified atom stereocenters. The Labute approximate surface area is 293 Å². The van der Waals surface area contributed by atoms with Crippen molar-refractivity contribution in [3.63, 3.8) is 0 Å². The summed E-state index contributed by atoms with van der Waals surface area (Å²) < 4.78 is 79.6. The van der Waals surface area contributed by atoms with Gasteiger partial charge < -0.3 is 20.0 Å². The van der Waals surface area contributed by atoms with Crippen LogP contribution in [-0.4, -0.2) is 81.8 Å². The number of benzene rings is 2. The number of fused-ring (bicyclic) bond motifs is 2. The second-order valence-electron chi connectivity index (χ2n) is 13.0. The molecule has 2 N–H and O–H groups in total. The number of aromatic nitrogens is 7. The molecule has 3 aromatic heterocycles. The molecule has 2 fully saturated rings. The first kappa shape index (κ1) is 35.0. The molecule has 12 nitrogen and oxygen atoms in total. The highest BCUT2D eigenvalue weighted by Crippen LogP contribution is 2.34. The minimum absolute atomic E-state index is 0.0695. The molecule has 0 atom stereocenters. The lowest BCUT2D eigenvalue weighted by atomic mass is 9.89. The van der Waals surface area contributed by atoms with Crippen molar-refractivity contribution in [2.45, 2.75) is 62.7 Å². The number of aromatic hydroxyl groups is 2. The van der Waals surface area contributed by atoms with Gasteiger partial charge in [-0.05, 0) is 85.0 Å². The molecule has 274 valence electrons. The topological polar surface area (TPSA) is 133 Å². The summed E-state index contributed by atoms with van der Waals surface area (Å²) in [6.45, 7) is 2.85. The minimum Gasteiger partial charge on any atom is -0.508 e.